The molecule has 0 radical (unpaired) electrons. The fourth-order valence-corrected chi connectivity index (χ4v) is 3.13. The maximum Gasteiger partial charge on any atom is 0.189 e. The maximum absolute atomic E-state index is 5.95. The number of nitrogens with one attached hydrogen (secondary N) is 1. The zero-order chi connectivity index (χ0) is 15.4. The van der Waals surface area contributed by atoms with Gasteiger partial charge in [0.2, 0.25) is 0 Å². The van der Waals surface area contributed by atoms with Crippen molar-refractivity contribution in [3.05, 3.63) is 35.4 Å². The van der Waals surface area contributed by atoms with Gasteiger partial charge in [-0.25, -0.2) is 4.99 Å². The van der Waals surface area contributed by atoms with Crippen LogP contribution in [-0.2, 0) is 13.1 Å². The van der Waals surface area contributed by atoms with Crippen LogP contribution in [0.3, 0.4) is 0 Å². The molecule has 0 spiro atoms. The summed E-state index contributed by atoms with van der Waals surface area (Å²) in [5.41, 5.74) is 8.63. The Morgan fingerprint density at radius 2 is 2.00 bits per heavy atom. The van der Waals surface area contributed by atoms with Crippen molar-refractivity contribution in [2.24, 2.45) is 10.7 Å². The molecule has 1 unspecified atom stereocenters. The van der Waals surface area contributed by atoms with E-state index in [4.69, 9.17) is 5.73 Å². The summed E-state index contributed by atoms with van der Waals surface area (Å²) in [7, 11) is 0. The number of hydrogen-bond donors (Lipinski definition) is 2. The van der Waals surface area contributed by atoms with E-state index < -0.39 is 0 Å². The van der Waals surface area contributed by atoms with Crippen LogP contribution in [0.5, 0.6) is 0 Å². The molecule has 2 fully saturated rings. The molecule has 1 aromatic rings. The topological polar surface area (TPSA) is 53.6 Å². The Bertz CT molecular complexity index is 522. The predicted molar refractivity (Wildman–Crippen MR) is 91.6 cm³/mol. The molecule has 1 heterocycles. The van der Waals surface area contributed by atoms with Gasteiger partial charge in [0.05, 0.1) is 6.54 Å². The second-order valence-electron chi connectivity index (χ2n) is 6.70. The molecule has 0 amide bonds. The van der Waals surface area contributed by atoms with Gasteiger partial charge in [-0.05, 0) is 50.3 Å². The number of hydrogen-bond acceptors (Lipinski definition) is 2. The van der Waals surface area contributed by atoms with E-state index in [0.29, 0.717) is 24.6 Å². The fraction of sp³-hybridized carbons (Fsp3) is 0.611. The van der Waals surface area contributed by atoms with Crippen LogP contribution >= 0.6 is 0 Å². The molecule has 2 aliphatic rings. The summed E-state index contributed by atoms with van der Waals surface area (Å²) in [6.45, 7) is 5.26. The molecular formula is C18H28N4. The third-order valence-corrected chi connectivity index (χ3v) is 4.78. The van der Waals surface area contributed by atoms with E-state index in [1.165, 1.54) is 49.8 Å². The molecule has 22 heavy (non-hydrogen) atoms. The number of piperidine rings is 1. The molecule has 4 nitrogen and oxygen atoms in total. The summed E-state index contributed by atoms with van der Waals surface area (Å²) in [4.78, 5) is 7.11. The highest BCUT2D eigenvalue weighted by molar-refractivity contribution is 5.78. The van der Waals surface area contributed by atoms with Gasteiger partial charge in [-0.1, -0.05) is 30.7 Å². The largest absolute Gasteiger partial charge is 0.370 e. The standard InChI is InChI=1S/C18H28N4/c1-14-6-4-5-11-22(14)13-16-8-3-2-7-15(16)12-20-18(19)21-17-9-10-17/h2-3,7-8,14,17H,4-6,9-13H2,1H3,(H3,19,20,21). The first-order valence-corrected chi connectivity index (χ1v) is 8.59. The van der Waals surface area contributed by atoms with Crippen molar-refractivity contribution in [3.63, 3.8) is 0 Å². The second-order valence-corrected chi connectivity index (χ2v) is 6.70. The summed E-state index contributed by atoms with van der Waals surface area (Å²) in [6, 6.07) is 9.89. The number of likely N-dealkylation sites (tertiary alicyclic amines) is 1. The second kappa shape index (κ2) is 7.14. The van der Waals surface area contributed by atoms with Gasteiger partial charge in [-0.15, -0.1) is 0 Å². The van der Waals surface area contributed by atoms with Gasteiger partial charge in [0.25, 0.3) is 0 Å². The van der Waals surface area contributed by atoms with Crippen molar-refractivity contribution in [1.29, 1.82) is 0 Å². The zero-order valence-electron chi connectivity index (χ0n) is 13.6. The summed E-state index contributed by atoms with van der Waals surface area (Å²) < 4.78 is 0. The first kappa shape index (κ1) is 15.3. The van der Waals surface area contributed by atoms with Gasteiger partial charge in [-0.2, -0.15) is 0 Å². The highest BCUT2D eigenvalue weighted by Crippen LogP contribution is 2.21. The van der Waals surface area contributed by atoms with Crippen molar-refractivity contribution in [1.82, 2.24) is 10.2 Å². The van der Waals surface area contributed by atoms with Gasteiger partial charge in [0.1, 0.15) is 0 Å². The molecular weight excluding hydrogens is 272 g/mol. The highest BCUT2D eigenvalue weighted by atomic mass is 15.2. The highest BCUT2D eigenvalue weighted by Gasteiger charge is 2.21. The lowest BCUT2D eigenvalue weighted by Gasteiger charge is -2.33. The third kappa shape index (κ3) is 4.23. The van der Waals surface area contributed by atoms with E-state index in [2.05, 4.69) is 46.4 Å². The van der Waals surface area contributed by atoms with Crippen LogP contribution in [0.25, 0.3) is 0 Å². The van der Waals surface area contributed by atoms with E-state index in [0.717, 1.165) is 6.54 Å². The van der Waals surface area contributed by atoms with Crippen molar-refractivity contribution in [3.8, 4) is 0 Å². The van der Waals surface area contributed by atoms with Gasteiger partial charge < -0.3 is 11.1 Å². The maximum atomic E-state index is 5.95. The molecule has 1 saturated heterocycles. The van der Waals surface area contributed by atoms with Gasteiger partial charge in [0.15, 0.2) is 5.96 Å². The van der Waals surface area contributed by atoms with Crippen molar-refractivity contribution < 1.29 is 0 Å². The van der Waals surface area contributed by atoms with Crippen LogP contribution < -0.4 is 11.1 Å². The Balaban J connectivity index is 1.63. The normalized spacial score (nSPS) is 23.5. The lowest BCUT2D eigenvalue weighted by molar-refractivity contribution is 0.152. The number of aliphatic imine (C=N–C) groups is 1. The lowest BCUT2D eigenvalue weighted by Crippen LogP contribution is -2.37. The van der Waals surface area contributed by atoms with E-state index in [-0.39, 0.29) is 0 Å². The summed E-state index contributed by atoms with van der Waals surface area (Å²) in [5.74, 6) is 0.587. The zero-order valence-corrected chi connectivity index (χ0v) is 13.6. The predicted octanol–water partition coefficient (Wildman–Crippen LogP) is 2.63. The Kier molecular flexibility index (Phi) is 4.98. The van der Waals surface area contributed by atoms with Crippen LogP contribution in [0.15, 0.2) is 29.3 Å². The first-order valence-electron chi connectivity index (χ1n) is 8.59. The monoisotopic (exact) mass is 300 g/mol. The summed E-state index contributed by atoms with van der Waals surface area (Å²) >= 11 is 0. The smallest absolute Gasteiger partial charge is 0.189 e. The molecule has 3 rings (SSSR count). The van der Waals surface area contributed by atoms with E-state index in [1.54, 1.807) is 0 Å². The molecule has 1 atom stereocenters. The number of rotatable bonds is 5. The van der Waals surface area contributed by atoms with Crippen LogP contribution in [0.4, 0.5) is 0 Å². The van der Waals surface area contributed by atoms with Gasteiger partial charge in [0, 0.05) is 18.6 Å². The molecule has 0 aromatic heterocycles. The van der Waals surface area contributed by atoms with Crippen LogP contribution in [0.1, 0.15) is 50.2 Å². The third-order valence-electron chi connectivity index (χ3n) is 4.78. The average molecular weight is 300 g/mol. The molecule has 0 bridgehead atoms. The Morgan fingerprint density at radius 1 is 1.23 bits per heavy atom. The average Bonchev–Trinajstić information content (AvgIpc) is 3.32. The van der Waals surface area contributed by atoms with Crippen molar-refractivity contribution in [2.45, 2.75) is 64.2 Å². The van der Waals surface area contributed by atoms with E-state index in [9.17, 15) is 0 Å². The minimum absolute atomic E-state index is 0.563. The number of guanidine groups is 1. The number of nitrogens with two attached hydrogens (primary N) is 1. The minimum Gasteiger partial charge on any atom is -0.370 e. The molecule has 1 aliphatic carbocycles. The summed E-state index contributed by atoms with van der Waals surface area (Å²) in [5, 5.41) is 3.25. The number of benzene rings is 1. The van der Waals surface area contributed by atoms with Crippen LogP contribution in [0.2, 0.25) is 0 Å². The quantitative estimate of drug-likeness (QED) is 0.649. The van der Waals surface area contributed by atoms with E-state index >= 15 is 0 Å². The van der Waals surface area contributed by atoms with Crippen LogP contribution in [0, 0.1) is 0 Å². The van der Waals surface area contributed by atoms with Gasteiger partial charge >= 0.3 is 0 Å². The molecule has 4 heteroatoms. The molecule has 1 aliphatic heterocycles. The SMILES string of the molecule is CC1CCCCN1Cc1ccccc1CN=C(N)NC1CC1. The van der Waals surface area contributed by atoms with Gasteiger partial charge in [-0.3, -0.25) is 4.90 Å². The summed E-state index contributed by atoms with van der Waals surface area (Å²) in [6.07, 6.45) is 6.45. The fourth-order valence-electron chi connectivity index (χ4n) is 3.13. The number of nitrogens with zero attached hydrogens (tertiary/aromatic N) is 2. The Labute approximate surface area is 133 Å². The van der Waals surface area contributed by atoms with Crippen molar-refractivity contribution in [2.75, 3.05) is 6.54 Å². The van der Waals surface area contributed by atoms with Crippen LogP contribution in [-0.4, -0.2) is 29.5 Å². The molecule has 1 aromatic carbocycles. The van der Waals surface area contributed by atoms with E-state index in [1.807, 2.05) is 0 Å². The molecule has 1 saturated carbocycles. The molecule has 3 N–H and O–H groups in total. The Morgan fingerprint density at radius 3 is 2.73 bits per heavy atom. The van der Waals surface area contributed by atoms with Crippen molar-refractivity contribution >= 4 is 5.96 Å². The lowest BCUT2D eigenvalue weighted by atomic mass is 10.0. The minimum atomic E-state index is 0.563. The Hall–Kier alpha value is -1.55. The first-order chi connectivity index (χ1) is 10.7. The molecule has 120 valence electrons.